The lowest BCUT2D eigenvalue weighted by Gasteiger charge is -2.39. The molecule has 114 valence electrons. The van der Waals surface area contributed by atoms with E-state index in [9.17, 15) is 9.59 Å². The summed E-state index contributed by atoms with van der Waals surface area (Å²) >= 11 is 0. The molecule has 1 aliphatic rings. The van der Waals surface area contributed by atoms with Crippen LogP contribution in [0.1, 0.15) is 19.4 Å². The maximum absolute atomic E-state index is 12.4. The number of carbonyl (C=O) groups is 2. The quantitative estimate of drug-likeness (QED) is 0.879. The van der Waals surface area contributed by atoms with Crippen molar-refractivity contribution in [2.75, 3.05) is 13.7 Å². The smallest absolute Gasteiger partial charge is 0.245 e. The van der Waals surface area contributed by atoms with Gasteiger partial charge in [0, 0.05) is 20.1 Å². The Kier molecular flexibility index (Phi) is 4.96. The number of nitrogens with zero attached hydrogens (tertiary/aromatic N) is 1. The fraction of sp³-hybridized carbons (Fsp3) is 0.500. The van der Waals surface area contributed by atoms with Crippen molar-refractivity contribution in [2.45, 2.75) is 38.5 Å². The maximum Gasteiger partial charge on any atom is 0.245 e. The summed E-state index contributed by atoms with van der Waals surface area (Å²) in [6.07, 6.45) is 0.409. The van der Waals surface area contributed by atoms with Crippen molar-refractivity contribution in [3.05, 3.63) is 35.9 Å². The van der Waals surface area contributed by atoms with E-state index in [4.69, 9.17) is 4.74 Å². The molecule has 5 heteroatoms. The predicted molar refractivity (Wildman–Crippen MR) is 79.7 cm³/mol. The minimum absolute atomic E-state index is 0.0561. The second-order valence-electron chi connectivity index (χ2n) is 5.47. The summed E-state index contributed by atoms with van der Waals surface area (Å²) in [5, 5.41) is 2.75. The van der Waals surface area contributed by atoms with Gasteiger partial charge in [-0.1, -0.05) is 30.3 Å². The van der Waals surface area contributed by atoms with Crippen molar-refractivity contribution >= 4 is 11.8 Å². The van der Waals surface area contributed by atoms with E-state index in [1.807, 2.05) is 37.3 Å². The molecule has 21 heavy (non-hydrogen) atoms. The Labute approximate surface area is 125 Å². The number of carbonyl (C=O) groups excluding carboxylic acids is 2. The monoisotopic (exact) mass is 290 g/mol. The highest BCUT2D eigenvalue weighted by atomic mass is 16.5. The van der Waals surface area contributed by atoms with Gasteiger partial charge in [-0.25, -0.2) is 0 Å². The average molecular weight is 290 g/mol. The van der Waals surface area contributed by atoms with E-state index in [2.05, 4.69) is 5.32 Å². The molecule has 1 aliphatic heterocycles. The number of nitrogens with one attached hydrogen (secondary N) is 1. The van der Waals surface area contributed by atoms with Crippen LogP contribution in [-0.2, 0) is 20.7 Å². The fourth-order valence-electron chi connectivity index (χ4n) is 2.52. The van der Waals surface area contributed by atoms with E-state index in [1.54, 1.807) is 18.9 Å². The van der Waals surface area contributed by atoms with Crippen LogP contribution in [0.5, 0.6) is 0 Å². The summed E-state index contributed by atoms with van der Waals surface area (Å²) in [7, 11) is 1.61. The largest absolute Gasteiger partial charge is 0.380 e. The van der Waals surface area contributed by atoms with Gasteiger partial charge in [-0.15, -0.1) is 0 Å². The van der Waals surface area contributed by atoms with E-state index in [0.717, 1.165) is 5.56 Å². The van der Waals surface area contributed by atoms with Gasteiger partial charge in [0.05, 0.1) is 6.10 Å². The number of piperazine rings is 1. The Morgan fingerprint density at radius 1 is 1.29 bits per heavy atom. The molecule has 1 fully saturated rings. The zero-order chi connectivity index (χ0) is 15.4. The van der Waals surface area contributed by atoms with Crippen molar-refractivity contribution in [1.82, 2.24) is 10.2 Å². The minimum Gasteiger partial charge on any atom is -0.380 e. The van der Waals surface area contributed by atoms with Gasteiger partial charge in [0.25, 0.3) is 0 Å². The fourth-order valence-corrected chi connectivity index (χ4v) is 2.52. The lowest BCUT2D eigenvalue weighted by atomic mass is 9.99. The van der Waals surface area contributed by atoms with Crippen molar-refractivity contribution in [2.24, 2.45) is 0 Å². The third kappa shape index (κ3) is 3.61. The van der Waals surface area contributed by atoms with Gasteiger partial charge in [-0.2, -0.15) is 0 Å². The van der Waals surface area contributed by atoms with Crippen LogP contribution in [0.2, 0.25) is 0 Å². The van der Waals surface area contributed by atoms with Gasteiger partial charge < -0.3 is 15.0 Å². The van der Waals surface area contributed by atoms with Gasteiger partial charge >= 0.3 is 0 Å². The van der Waals surface area contributed by atoms with Gasteiger partial charge in [0.2, 0.25) is 11.8 Å². The van der Waals surface area contributed by atoms with E-state index < -0.39 is 12.1 Å². The van der Waals surface area contributed by atoms with Crippen molar-refractivity contribution in [3.8, 4) is 0 Å². The third-order valence-electron chi connectivity index (χ3n) is 3.82. The molecular formula is C16H22N2O3. The molecule has 0 saturated carbocycles. The first kappa shape index (κ1) is 15.5. The topological polar surface area (TPSA) is 58.6 Å². The second-order valence-corrected chi connectivity index (χ2v) is 5.47. The van der Waals surface area contributed by atoms with Gasteiger partial charge in [-0.3, -0.25) is 9.59 Å². The molecule has 0 aliphatic carbocycles. The molecule has 0 radical (unpaired) electrons. The molecular weight excluding hydrogens is 268 g/mol. The SMILES string of the molecule is COC(C)CN1C(=O)C(C)NC(=O)C1Cc1ccccc1. The van der Waals surface area contributed by atoms with Gasteiger partial charge in [-0.05, 0) is 19.4 Å². The molecule has 3 unspecified atom stereocenters. The Morgan fingerprint density at radius 2 is 1.95 bits per heavy atom. The summed E-state index contributed by atoms with van der Waals surface area (Å²) in [6, 6.07) is 8.78. The van der Waals surface area contributed by atoms with Crippen LogP contribution >= 0.6 is 0 Å². The highest BCUT2D eigenvalue weighted by Gasteiger charge is 2.38. The number of hydrogen-bond acceptors (Lipinski definition) is 3. The first-order valence-corrected chi connectivity index (χ1v) is 7.20. The Hall–Kier alpha value is -1.88. The number of ether oxygens (including phenoxy) is 1. The first-order chi connectivity index (χ1) is 10.0. The highest BCUT2D eigenvalue weighted by Crippen LogP contribution is 2.16. The summed E-state index contributed by atoms with van der Waals surface area (Å²) in [5.41, 5.74) is 1.04. The highest BCUT2D eigenvalue weighted by molar-refractivity contribution is 5.96. The molecule has 5 nitrogen and oxygen atoms in total. The molecule has 1 aromatic carbocycles. The summed E-state index contributed by atoms with van der Waals surface area (Å²) in [6.45, 7) is 4.03. The molecule has 1 aromatic rings. The van der Waals surface area contributed by atoms with Crippen LogP contribution < -0.4 is 5.32 Å². The molecule has 0 aromatic heterocycles. The first-order valence-electron chi connectivity index (χ1n) is 7.20. The zero-order valence-electron chi connectivity index (χ0n) is 12.7. The van der Waals surface area contributed by atoms with Crippen molar-refractivity contribution in [3.63, 3.8) is 0 Å². The molecule has 0 spiro atoms. The minimum atomic E-state index is -0.478. The lowest BCUT2D eigenvalue weighted by molar-refractivity contribution is -0.150. The van der Waals surface area contributed by atoms with Crippen LogP contribution in [0, 0.1) is 0 Å². The molecule has 1 heterocycles. The van der Waals surface area contributed by atoms with E-state index in [1.165, 1.54) is 0 Å². The lowest BCUT2D eigenvalue weighted by Crippen LogP contribution is -2.64. The average Bonchev–Trinajstić information content (AvgIpc) is 2.49. The van der Waals surface area contributed by atoms with Crippen LogP contribution in [0.15, 0.2) is 30.3 Å². The van der Waals surface area contributed by atoms with Crippen molar-refractivity contribution in [1.29, 1.82) is 0 Å². The Balaban J connectivity index is 2.20. The van der Waals surface area contributed by atoms with Gasteiger partial charge in [0.15, 0.2) is 0 Å². The number of amides is 2. The van der Waals surface area contributed by atoms with Crippen LogP contribution in [0.25, 0.3) is 0 Å². The summed E-state index contributed by atoms with van der Waals surface area (Å²) in [4.78, 5) is 26.3. The molecule has 1 N–H and O–H groups in total. The standard InChI is InChI=1S/C16H22N2O3/c1-11(21-3)10-18-14(9-13-7-5-4-6-8-13)15(19)17-12(2)16(18)20/h4-8,11-12,14H,9-10H2,1-3H3,(H,17,19). The molecule has 0 bridgehead atoms. The normalized spacial score (nSPS) is 23.9. The molecule has 2 rings (SSSR count). The molecule has 2 amide bonds. The Bertz CT molecular complexity index is 504. The van der Waals surface area contributed by atoms with E-state index >= 15 is 0 Å². The van der Waals surface area contributed by atoms with E-state index in [-0.39, 0.29) is 17.9 Å². The maximum atomic E-state index is 12.4. The summed E-state index contributed by atoms with van der Waals surface area (Å²) < 4.78 is 5.24. The Morgan fingerprint density at radius 3 is 2.57 bits per heavy atom. The predicted octanol–water partition coefficient (Wildman–Crippen LogP) is 0.980. The number of methoxy groups -OCH3 is 1. The van der Waals surface area contributed by atoms with Crippen LogP contribution in [-0.4, -0.2) is 48.6 Å². The number of benzene rings is 1. The summed E-state index contributed by atoms with van der Waals surface area (Å²) in [5.74, 6) is -0.159. The van der Waals surface area contributed by atoms with Crippen molar-refractivity contribution < 1.29 is 14.3 Å². The van der Waals surface area contributed by atoms with Gasteiger partial charge in [0.1, 0.15) is 12.1 Å². The molecule has 3 atom stereocenters. The second kappa shape index (κ2) is 6.72. The molecule has 1 saturated heterocycles. The third-order valence-corrected chi connectivity index (χ3v) is 3.82. The van der Waals surface area contributed by atoms with Crippen LogP contribution in [0.3, 0.4) is 0 Å². The van der Waals surface area contributed by atoms with E-state index in [0.29, 0.717) is 13.0 Å². The van der Waals surface area contributed by atoms with Crippen LogP contribution in [0.4, 0.5) is 0 Å². The number of rotatable bonds is 5. The number of hydrogen-bond donors (Lipinski definition) is 1. The zero-order valence-corrected chi connectivity index (χ0v) is 12.7.